The molecule has 23 heavy (non-hydrogen) atoms. The molecule has 0 aliphatic heterocycles. The van der Waals surface area contributed by atoms with Crippen LogP contribution in [0.4, 0.5) is 5.13 Å². The van der Waals surface area contributed by atoms with Crippen molar-refractivity contribution in [3.63, 3.8) is 0 Å². The molecule has 126 valence electrons. The van der Waals surface area contributed by atoms with E-state index in [1.807, 2.05) is 0 Å². The molecule has 0 radical (unpaired) electrons. The summed E-state index contributed by atoms with van der Waals surface area (Å²) in [6.07, 6.45) is 0.157. The summed E-state index contributed by atoms with van der Waals surface area (Å²) in [4.78, 5) is 4.42. The summed E-state index contributed by atoms with van der Waals surface area (Å²) in [5, 5.41) is 14.2. The van der Waals surface area contributed by atoms with Gasteiger partial charge in [-0.15, -0.1) is 0 Å². The molecule has 1 unspecified atom stereocenters. The number of hydrogen-bond acceptors (Lipinski definition) is 7. The monoisotopic (exact) mass is 337 g/mol. The Morgan fingerprint density at radius 2 is 1.83 bits per heavy atom. The van der Waals surface area contributed by atoms with Gasteiger partial charge in [0.1, 0.15) is 17.3 Å². The fourth-order valence-corrected chi connectivity index (χ4v) is 2.70. The zero-order valence-corrected chi connectivity index (χ0v) is 14.7. The van der Waals surface area contributed by atoms with Crippen molar-refractivity contribution < 1.29 is 14.6 Å². The fourth-order valence-electron chi connectivity index (χ4n) is 2.10. The van der Waals surface area contributed by atoms with E-state index in [1.165, 1.54) is 11.5 Å². The molecule has 0 saturated heterocycles. The second-order valence-electron chi connectivity index (χ2n) is 5.66. The summed E-state index contributed by atoms with van der Waals surface area (Å²) >= 11 is 1.31. The van der Waals surface area contributed by atoms with Crippen LogP contribution in [0.25, 0.3) is 0 Å². The molecule has 1 atom stereocenters. The number of methoxy groups -OCH3 is 2. The van der Waals surface area contributed by atoms with Gasteiger partial charge in [-0.2, -0.15) is 4.37 Å². The predicted octanol–water partition coefficient (Wildman–Crippen LogP) is 2.90. The molecular formula is C16H23N3O3S. The van der Waals surface area contributed by atoms with Crippen molar-refractivity contribution in [3.8, 4) is 11.5 Å². The predicted molar refractivity (Wildman–Crippen MR) is 91.4 cm³/mol. The summed E-state index contributed by atoms with van der Waals surface area (Å²) in [6, 6.07) is 5.35. The van der Waals surface area contributed by atoms with E-state index in [9.17, 15) is 5.11 Å². The van der Waals surface area contributed by atoms with Crippen LogP contribution in [0.15, 0.2) is 18.2 Å². The topological polar surface area (TPSA) is 76.5 Å². The molecule has 7 heteroatoms. The Morgan fingerprint density at radius 1 is 1.17 bits per heavy atom. The van der Waals surface area contributed by atoms with E-state index >= 15 is 0 Å². The number of hydrogen-bond donors (Lipinski definition) is 2. The lowest BCUT2D eigenvalue weighted by molar-refractivity contribution is 0.190. The van der Waals surface area contributed by atoms with Gasteiger partial charge in [0.2, 0.25) is 5.13 Å². The maximum atomic E-state index is 10.4. The average molecular weight is 337 g/mol. The number of nitrogens with zero attached hydrogens (tertiary/aromatic N) is 2. The standard InChI is InChI=1S/C16H23N3O3S/c1-10(2)5-15-18-16(23-19-15)17-9-14(20)11-6-12(21-3)8-13(7-11)22-4/h6-8,10,14,20H,5,9H2,1-4H3,(H,17,18,19). The van der Waals surface area contributed by atoms with Crippen LogP contribution in [0.2, 0.25) is 0 Å². The third-order valence-corrected chi connectivity index (χ3v) is 3.97. The van der Waals surface area contributed by atoms with E-state index in [1.54, 1.807) is 32.4 Å². The van der Waals surface area contributed by atoms with E-state index in [0.717, 1.165) is 22.9 Å². The van der Waals surface area contributed by atoms with Crippen LogP contribution in [0, 0.1) is 5.92 Å². The third kappa shape index (κ3) is 5.07. The summed E-state index contributed by atoms with van der Waals surface area (Å²) in [5.74, 6) is 2.65. The van der Waals surface area contributed by atoms with Crippen LogP contribution in [0.5, 0.6) is 11.5 Å². The smallest absolute Gasteiger partial charge is 0.202 e. The Balaban J connectivity index is 1.99. The molecule has 0 fully saturated rings. The zero-order chi connectivity index (χ0) is 16.8. The highest BCUT2D eigenvalue weighted by Crippen LogP contribution is 2.26. The number of aliphatic hydroxyl groups excluding tert-OH is 1. The second kappa shape index (κ2) is 8.12. The number of aliphatic hydroxyl groups is 1. The van der Waals surface area contributed by atoms with Crippen molar-refractivity contribution >= 4 is 16.7 Å². The first-order chi connectivity index (χ1) is 11.0. The molecule has 0 spiro atoms. The summed E-state index contributed by atoms with van der Waals surface area (Å²) in [6.45, 7) is 4.61. The average Bonchev–Trinajstić information content (AvgIpc) is 2.98. The Kier molecular flexibility index (Phi) is 6.18. The van der Waals surface area contributed by atoms with Crippen LogP contribution in [-0.2, 0) is 6.42 Å². The maximum Gasteiger partial charge on any atom is 0.202 e. The minimum absolute atomic E-state index is 0.340. The van der Waals surface area contributed by atoms with Crippen molar-refractivity contribution in [2.75, 3.05) is 26.1 Å². The molecule has 2 aromatic rings. The molecular weight excluding hydrogens is 314 g/mol. The van der Waals surface area contributed by atoms with Crippen molar-refractivity contribution in [2.45, 2.75) is 26.4 Å². The van der Waals surface area contributed by atoms with Gasteiger partial charge < -0.3 is 19.9 Å². The molecule has 0 bridgehead atoms. The number of rotatable bonds is 8. The maximum absolute atomic E-state index is 10.4. The van der Waals surface area contributed by atoms with Gasteiger partial charge in [0, 0.05) is 30.6 Å². The van der Waals surface area contributed by atoms with Gasteiger partial charge in [0.15, 0.2) is 0 Å². The number of benzene rings is 1. The van der Waals surface area contributed by atoms with Gasteiger partial charge in [0.05, 0.1) is 20.3 Å². The van der Waals surface area contributed by atoms with Gasteiger partial charge >= 0.3 is 0 Å². The molecule has 0 amide bonds. The molecule has 0 saturated carbocycles. The fraction of sp³-hybridized carbons (Fsp3) is 0.500. The molecule has 1 heterocycles. The van der Waals surface area contributed by atoms with Crippen molar-refractivity contribution in [1.29, 1.82) is 0 Å². The molecule has 1 aromatic heterocycles. The molecule has 2 rings (SSSR count). The first kappa shape index (κ1) is 17.5. The zero-order valence-electron chi connectivity index (χ0n) is 13.9. The minimum Gasteiger partial charge on any atom is -0.497 e. The second-order valence-corrected chi connectivity index (χ2v) is 6.41. The molecule has 0 aliphatic carbocycles. The van der Waals surface area contributed by atoms with Crippen LogP contribution < -0.4 is 14.8 Å². The van der Waals surface area contributed by atoms with Gasteiger partial charge in [-0.3, -0.25) is 0 Å². The molecule has 1 aromatic carbocycles. The van der Waals surface area contributed by atoms with Crippen LogP contribution in [0.1, 0.15) is 31.3 Å². The lowest BCUT2D eigenvalue weighted by atomic mass is 10.1. The third-order valence-electron chi connectivity index (χ3n) is 3.26. The van der Waals surface area contributed by atoms with E-state index in [4.69, 9.17) is 9.47 Å². The SMILES string of the molecule is COc1cc(OC)cc(C(O)CNc2nc(CC(C)C)ns2)c1. The Morgan fingerprint density at radius 3 is 2.39 bits per heavy atom. The van der Waals surface area contributed by atoms with E-state index < -0.39 is 6.10 Å². The number of aromatic nitrogens is 2. The van der Waals surface area contributed by atoms with E-state index in [0.29, 0.717) is 24.0 Å². The lowest BCUT2D eigenvalue weighted by Crippen LogP contribution is -2.12. The highest BCUT2D eigenvalue weighted by molar-refractivity contribution is 7.09. The Labute approximate surface area is 140 Å². The summed E-state index contributed by atoms with van der Waals surface area (Å²) in [5.41, 5.74) is 0.723. The molecule has 6 nitrogen and oxygen atoms in total. The van der Waals surface area contributed by atoms with Gasteiger partial charge in [-0.25, -0.2) is 4.98 Å². The quantitative estimate of drug-likeness (QED) is 0.771. The molecule has 2 N–H and O–H groups in total. The first-order valence-electron chi connectivity index (χ1n) is 7.49. The van der Waals surface area contributed by atoms with Crippen LogP contribution in [-0.4, -0.2) is 35.2 Å². The number of anilines is 1. The summed E-state index contributed by atoms with van der Waals surface area (Å²) in [7, 11) is 3.17. The summed E-state index contributed by atoms with van der Waals surface area (Å²) < 4.78 is 14.7. The minimum atomic E-state index is -0.698. The number of nitrogens with one attached hydrogen (secondary N) is 1. The van der Waals surface area contributed by atoms with Gasteiger partial charge in [-0.1, -0.05) is 13.8 Å². The highest BCUT2D eigenvalue weighted by Gasteiger charge is 2.13. The van der Waals surface area contributed by atoms with Gasteiger partial charge in [-0.05, 0) is 23.6 Å². The Hall–Kier alpha value is -1.86. The van der Waals surface area contributed by atoms with Crippen molar-refractivity contribution in [2.24, 2.45) is 5.92 Å². The van der Waals surface area contributed by atoms with E-state index in [2.05, 4.69) is 28.5 Å². The first-order valence-corrected chi connectivity index (χ1v) is 8.26. The highest BCUT2D eigenvalue weighted by atomic mass is 32.1. The molecule has 0 aliphatic rings. The van der Waals surface area contributed by atoms with Crippen molar-refractivity contribution in [3.05, 3.63) is 29.6 Å². The van der Waals surface area contributed by atoms with Gasteiger partial charge in [0.25, 0.3) is 0 Å². The number of ether oxygens (including phenoxy) is 2. The van der Waals surface area contributed by atoms with Crippen molar-refractivity contribution in [1.82, 2.24) is 9.36 Å². The van der Waals surface area contributed by atoms with Crippen LogP contribution >= 0.6 is 11.5 Å². The lowest BCUT2D eigenvalue weighted by Gasteiger charge is -2.14. The Bertz CT molecular complexity index is 609. The normalized spacial score (nSPS) is 12.3. The van der Waals surface area contributed by atoms with Crippen LogP contribution in [0.3, 0.4) is 0 Å². The largest absolute Gasteiger partial charge is 0.497 e. The van der Waals surface area contributed by atoms with E-state index in [-0.39, 0.29) is 0 Å².